The first-order chi connectivity index (χ1) is 5.64. The third-order valence-electron chi connectivity index (χ3n) is 1.45. The van der Waals surface area contributed by atoms with Gasteiger partial charge in [-0.05, 0) is 13.2 Å². The van der Waals surface area contributed by atoms with Crippen LogP contribution in [-0.4, -0.2) is 37.5 Å². The highest BCUT2D eigenvalue weighted by molar-refractivity contribution is 7.98. The second-order valence-corrected chi connectivity index (χ2v) is 3.93. The van der Waals surface area contributed by atoms with E-state index in [1.54, 1.807) is 29.0 Å². The summed E-state index contributed by atoms with van der Waals surface area (Å²) in [5.74, 6) is 0.713. The Hall–Kier alpha value is -0.550. The Kier molecular flexibility index (Phi) is 3.11. The molecule has 0 radical (unpaired) electrons. The topological polar surface area (TPSA) is 50.9 Å². The molecule has 0 aliphatic heterocycles. The van der Waals surface area contributed by atoms with Gasteiger partial charge >= 0.3 is 0 Å². The Bertz CT molecular complexity index is 223. The van der Waals surface area contributed by atoms with Gasteiger partial charge in [-0.2, -0.15) is 11.8 Å². The maximum Gasteiger partial charge on any atom is 0.119 e. The molecule has 0 saturated carbocycles. The zero-order valence-electron chi connectivity index (χ0n) is 7.27. The lowest BCUT2D eigenvalue weighted by Gasteiger charge is -2.21. The van der Waals surface area contributed by atoms with Crippen LogP contribution in [0.4, 0.5) is 0 Å². The lowest BCUT2D eigenvalue weighted by atomic mass is 10.1. The number of rotatable bonds is 4. The molecule has 0 saturated heterocycles. The van der Waals surface area contributed by atoms with Crippen LogP contribution in [0.2, 0.25) is 0 Å². The third-order valence-corrected chi connectivity index (χ3v) is 2.36. The van der Waals surface area contributed by atoms with Gasteiger partial charge in [0.25, 0.3) is 0 Å². The molecule has 0 aromatic carbocycles. The van der Waals surface area contributed by atoms with E-state index in [0.29, 0.717) is 12.3 Å². The zero-order chi connectivity index (χ0) is 9.03. The molecule has 0 aliphatic rings. The maximum absolute atomic E-state index is 9.79. The van der Waals surface area contributed by atoms with Crippen molar-refractivity contribution < 1.29 is 5.11 Å². The maximum atomic E-state index is 9.79. The molecule has 1 N–H and O–H groups in total. The van der Waals surface area contributed by atoms with Crippen LogP contribution in [0.25, 0.3) is 0 Å². The van der Waals surface area contributed by atoms with Crippen molar-refractivity contribution in [2.24, 2.45) is 0 Å². The first kappa shape index (κ1) is 9.54. The van der Waals surface area contributed by atoms with Crippen LogP contribution in [0.1, 0.15) is 6.92 Å². The number of thioether (sulfide) groups is 1. The predicted octanol–water partition coefficient (Wildman–Crippen LogP) is 0.392. The van der Waals surface area contributed by atoms with Gasteiger partial charge in [0.1, 0.15) is 12.7 Å². The minimum absolute atomic E-state index is 0.542. The van der Waals surface area contributed by atoms with E-state index in [2.05, 4.69) is 10.2 Å². The number of hydrogen-bond donors (Lipinski definition) is 1. The van der Waals surface area contributed by atoms with E-state index in [0.717, 1.165) is 0 Å². The molecule has 4 nitrogen and oxygen atoms in total. The van der Waals surface area contributed by atoms with Gasteiger partial charge in [-0.1, -0.05) is 0 Å². The second-order valence-electron chi connectivity index (χ2n) is 3.06. The van der Waals surface area contributed by atoms with Gasteiger partial charge in [-0.15, -0.1) is 10.2 Å². The molecule has 68 valence electrons. The Morgan fingerprint density at radius 2 is 2.08 bits per heavy atom. The van der Waals surface area contributed by atoms with Gasteiger partial charge in [0.15, 0.2) is 0 Å². The van der Waals surface area contributed by atoms with Crippen molar-refractivity contribution >= 4 is 11.8 Å². The fourth-order valence-corrected chi connectivity index (χ4v) is 1.77. The standard InChI is InChI=1S/C7H13N3OS/c1-7(11,4-12-2)3-10-5-8-9-6-10/h5-6,11H,3-4H2,1-2H3. The Balaban J connectivity index is 2.50. The lowest BCUT2D eigenvalue weighted by Crippen LogP contribution is -2.32. The normalized spacial score (nSPS) is 15.9. The molecule has 5 heteroatoms. The molecule has 12 heavy (non-hydrogen) atoms. The van der Waals surface area contributed by atoms with Gasteiger partial charge in [-0.3, -0.25) is 0 Å². The third kappa shape index (κ3) is 2.83. The fourth-order valence-electron chi connectivity index (χ4n) is 1.05. The molecule has 0 aliphatic carbocycles. The number of nitrogens with zero attached hydrogens (tertiary/aromatic N) is 3. The van der Waals surface area contributed by atoms with E-state index in [4.69, 9.17) is 0 Å². The molecule has 1 unspecified atom stereocenters. The largest absolute Gasteiger partial charge is 0.387 e. The Morgan fingerprint density at radius 1 is 1.50 bits per heavy atom. The summed E-state index contributed by atoms with van der Waals surface area (Å²) >= 11 is 1.63. The van der Waals surface area contributed by atoms with E-state index in [9.17, 15) is 5.11 Å². The second kappa shape index (κ2) is 3.91. The van der Waals surface area contributed by atoms with Crippen molar-refractivity contribution in [3.8, 4) is 0 Å². The summed E-state index contributed by atoms with van der Waals surface area (Å²) in [6, 6.07) is 0. The molecule has 0 amide bonds. The van der Waals surface area contributed by atoms with Crippen molar-refractivity contribution in [1.29, 1.82) is 0 Å². The van der Waals surface area contributed by atoms with Crippen LogP contribution in [0.3, 0.4) is 0 Å². The number of aliphatic hydroxyl groups is 1. The van der Waals surface area contributed by atoms with Gasteiger partial charge in [0, 0.05) is 5.75 Å². The van der Waals surface area contributed by atoms with Crippen molar-refractivity contribution in [1.82, 2.24) is 14.8 Å². The summed E-state index contributed by atoms with van der Waals surface area (Å²) in [6.07, 6.45) is 5.18. The monoisotopic (exact) mass is 187 g/mol. The molecule has 1 atom stereocenters. The molecule has 1 rings (SSSR count). The minimum atomic E-state index is -0.679. The Labute approximate surface area is 76.0 Å². The smallest absolute Gasteiger partial charge is 0.119 e. The molecule has 0 bridgehead atoms. The van der Waals surface area contributed by atoms with Gasteiger partial charge in [0.2, 0.25) is 0 Å². The van der Waals surface area contributed by atoms with E-state index < -0.39 is 5.60 Å². The van der Waals surface area contributed by atoms with Gasteiger partial charge in [0.05, 0.1) is 12.1 Å². The lowest BCUT2D eigenvalue weighted by molar-refractivity contribution is 0.0664. The number of hydrogen-bond acceptors (Lipinski definition) is 4. The van der Waals surface area contributed by atoms with Crippen LogP contribution < -0.4 is 0 Å². The number of aromatic nitrogens is 3. The van der Waals surface area contributed by atoms with Crippen molar-refractivity contribution in [3.05, 3.63) is 12.7 Å². The highest BCUT2D eigenvalue weighted by atomic mass is 32.2. The molecular formula is C7H13N3OS. The van der Waals surface area contributed by atoms with Crippen molar-refractivity contribution in [2.45, 2.75) is 19.1 Å². The van der Waals surface area contributed by atoms with Crippen LogP contribution in [0.5, 0.6) is 0 Å². The van der Waals surface area contributed by atoms with E-state index in [1.165, 1.54) is 0 Å². The molecule has 1 aromatic rings. The van der Waals surface area contributed by atoms with Crippen molar-refractivity contribution in [3.63, 3.8) is 0 Å². The highest BCUT2D eigenvalue weighted by Crippen LogP contribution is 2.12. The van der Waals surface area contributed by atoms with Crippen molar-refractivity contribution in [2.75, 3.05) is 12.0 Å². The molecule has 1 heterocycles. The SMILES string of the molecule is CSCC(C)(O)Cn1cnnc1. The highest BCUT2D eigenvalue weighted by Gasteiger charge is 2.19. The average molecular weight is 187 g/mol. The summed E-state index contributed by atoms with van der Waals surface area (Å²) in [7, 11) is 0. The average Bonchev–Trinajstić information content (AvgIpc) is 2.38. The summed E-state index contributed by atoms with van der Waals surface area (Å²) in [5.41, 5.74) is -0.679. The quantitative estimate of drug-likeness (QED) is 0.741. The van der Waals surface area contributed by atoms with E-state index in [-0.39, 0.29) is 0 Å². The zero-order valence-corrected chi connectivity index (χ0v) is 8.08. The first-order valence-electron chi connectivity index (χ1n) is 3.68. The molecule has 0 spiro atoms. The van der Waals surface area contributed by atoms with Gasteiger partial charge in [-0.25, -0.2) is 0 Å². The predicted molar refractivity (Wildman–Crippen MR) is 49.0 cm³/mol. The summed E-state index contributed by atoms with van der Waals surface area (Å²) in [5, 5.41) is 17.1. The van der Waals surface area contributed by atoms with E-state index in [1.807, 2.05) is 13.2 Å². The van der Waals surface area contributed by atoms with Crippen LogP contribution in [0, 0.1) is 0 Å². The molecular weight excluding hydrogens is 174 g/mol. The van der Waals surface area contributed by atoms with E-state index >= 15 is 0 Å². The Morgan fingerprint density at radius 3 is 2.58 bits per heavy atom. The summed E-state index contributed by atoms with van der Waals surface area (Å²) in [6.45, 7) is 2.35. The molecule has 1 aromatic heterocycles. The van der Waals surface area contributed by atoms with Crippen LogP contribution in [-0.2, 0) is 6.54 Å². The van der Waals surface area contributed by atoms with Gasteiger partial charge < -0.3 is 9.67 Å². The van der Waals surface area contributed by atoms with Crippen LogP contribution in [0.15, 0.2) is 12.7 Å². The molecule has 0 fully saturated rings. The minimum Gasteiger partial charge on any atom is -0.387 e. The fraction of sp³-hybridized carbons (Fsp3) is 0.714. The summed E-state index contributed by atoms with van der Waals surface area (Å²) in [4.78, 5) is 0. The van der Waals surface area contributed by atoms with Crippen LogP contribution >= 0.6 is 11.8 Å². The summed E-state index contributed by atoms with van der Waals surface area (Å²) < 4.78 is 1.77. The first-order valence-corrected chi connectivity index (χ1v) is 5.07.